The summed E-state index contributed by atoms with van der Waals surface area (Å²) in [6.45, 7) is 6.18. The lowest BCUT2D eigenvalue weighted by atomic mass is 9.86. The Labute approximate surface area is 155 Å². The Bertz CT molecular complexity index is 784. The maximum atomic E-state index is 12.4. The number of carbonyl (C=O) groups is 1. The van der Waals surface area contributed by atoms with Crippen LogP contribution in [0.5, 0.6) is 0 Å². The monoisotopic (exact) mass is 351 g/mol. The SMILES string of the molecule is CC(C)NC(=O)C(C)[C@H]1C[C@H]2C[C@@H](c3ccnc4ncccc34)C[C@H]2C1. The van der Waals surface area contributed by atoms with E-state index in [2.05, 4.69) is 34.3 Å². The van der Waals surface area contributed by atoms with Gasteiger partial charge in [0.15, 0.2) is 5.65 Å². The number of nitrogens with zero attached hydrogens (tertiary/aromatic N) is 2. The van der Waals surface area contributed by atoms with Crippen LogP contribution in [0.1, 0.15) is 57.9 Å². The first kappa shape index (κ1) is 17.4. The van der Waals surface area contributed by atoms with Gasteiger partial charge in [0.25, 0.3) is 0 Å². The average molecular weight is 351 g/mol. The van der Waals surface area contributed by atoms with Crippen molar-refractivity contribution in [2.45, 2.75) is 58.4 Å². The molecule has 0 spiro atoms. The van der Waals surface area contributed by atoms with Gasteiger partial charge in [-0.1, -0.05) is 6.92 Å². The number of aromatic nitrogens is 2. The molecule has 4 nitrogen and oxygen atoms in total. The fraction of sp³-hybridized carbons (Fsp3) is 0.591. The van der Waals surface area contributed by atoms with Crippen LogP contribution in [0, 0.1) is 23.7 Å². The predicted octanol–water partition coefficient (Wildman–Crippen LogP) is 4.31. The highest BCUT2D eigenvalue weighted by Gasteiger charge is 2.44. The van der Waals surface area contributed by atoms with Gasteiger partial charge in [-0.05, 0) is 87.0 Å². The van der Waals surface area contributed by atoms with Crippen molar-refractivity contribution in [1.82, 2.24) is 15.3 Å². The number of hydrogen-bond donors (Lipinski definition) is 1. The van der Waals surface area contributed by atoms with Gasteiger partial charge in [-0.3, -0.25) is 4.79 Å². The van der Waals surface area contributed by atoms with Crippen LogP contribution in [0.4, 0.5) is 0 Å². The summed E-state index contributed by atoms with van der Waals surface area (Å²) < 4.78 is 0. The van der Waals surface area contributed by atoms with Crippen molar-refractivity contribution < 1.29 is 4.79 Å². The molecule has 0 saturated heterocycles. The Morgan fingerprint density at radius 3 is 2.42 bits per heavy atom. The van der Waals surface area contributed by atoms with Gasteiger partial charge in [0, 0.05) is 29.7 Å². The molecule has 0 aliphatic heterocycles. The number of pyridine rings is 2. The topological polar surface area (TPSA) is 54.9 Å². The quantitative estimate of drug-likeness (QED) is 0.893. The summed E-state index contributed by atoms with van der Waals surface area (Å²) in [6, 6.07) is 6.57. The second-order valence-electron chi connectivity index (χ2n) is 8.65. The number of nitrogens with one attached hydrogen (secondary N) is 1. The van der Waals surface area contributed by atoms with E-state index in [0.717, 1.165) is 17.5 Å². The second kappa shape index (κ2) is 6.98. The van der Waals surface area contributed by atoms with Gasteiger partial charge in [-0.25, -0.2) is 9.97 Å². The molecule has 2 aliphatic rings. The lowest BCUT2D eigenvalue weighted by molar-refractivity contribution is -0.126. The first-order valence-corrected chi connectivity index (χ1v) is 10.0. The maximum Gasteiger partial charge on any atom is 0.223 e. The molecular formula is C22H29N3O. The highest BCUT2D eigenvalue weighted by atomic mass is 16.1. The normalized spacial score (nSPS) is 29.1. The molecular weight excluding hydrogens is 322 g/mol. The largest absolute Gasteiger partial charge is 0.354 e. The predicted molar refractivity (Wildman–Crippen MR) is 104 cm³/mol. The first-order chi connectivity index (χ1) is 12.5. The van der Waals surface area contributed by atoms with E-state index in [1.807, 2.05) is 32.3 Å². The van der Waals surface area contributed by atoms with Gasteiger partial charge in [0.1, 0.15) is 0 Å². The van der Waals surface area contributed by atoms with Crippen LogP contribution in [0.15, 0.2) is 30.6 Å². The van der Waals surface area contributed by atoms with Gasteiger partial charge < -0.3 is 5.32 Å². The molecule has 2 saturated carbocycles. The second-order valence-corrected chi connectivity index (χ2v) is 8.65. The minimum Gasteiger partial charge on any atom is -0.354 e. The average Bonchev–Trinajstić information content (AvgIpc) is 3.19. The molecule has 0 bridgehead atoms. The molecule has 2 aromatic rings. The molecule has 0 aromatic carbocycles. The summed E-state index contributed by atoms with van der Waals surface area (Å²) in [6.07, 6.45) is 8.61. The Morgan fingerprint density at radius 1 is 1.04 bits per heavy atom. The van der Waals surface area contributed by atoms with Crippen molar-refractivity contribution in [1.29, 1.82) is 0 Å². The molecule has 2 heterocycles. The summed E-state index contributed by atoms with van der Waals surface area (Å²) in [5, 5.41) is 4.30. The van der Waals surface area contributed by atoms with E-state index in [9.17, 15) is 4.79 Å². The molecule has 2 aliphatic carbocycles. The Kier molecular flexibility index (Phi) is 4.68. The van der Waals surface area contributed by atoms with Crippen molar-refractivity contribution in [2.75, 3.05) is 0 Å². The van der Waals surface area contributed by atoms with Gasteiger partial charge in [0.2, 0.25) is 5.91 Å². The number of amides is 1. The van der Waals surface area contributed by atoms with Gasteiger partial charge in [-0.2, -0.15) is 0 Å². The van der Waals surface area contributed by atoms with E-state index in [0.29, 0.717) is 11.8 Å². The highest BCUT2D eigenvalue weighted by Crippen LogP contribution is 2.54. The Balaban J connectivity index is 1.44. The lowest BCUT2D eigenvalue weighted by Gasteiger charge is -2.22. The molecule has 1 amide bonds. The van der Waals surface area contributed by atoms with E-state index in [-0.39, 0.29) is 17.9 Å². The third-order valence-corrected chi connectivity index (χ3v) is 6.59. The summed E-state index contributed by atoms with van der Waals surface area (Å²) in [4.78, 5) is 21.2. The van der Waals surface area contributed by atoms with Crippen molar-refractivity contribution in [3.8, 4) is 0 Å². The summed E-state index contributed by atoms with van der Waals surface area (Å²) in [5.41, 5.74) is 2.28. The zero-order valence-corrected chi connectivity index (χ0v) is 16.0. The molecule has 2 fully saturated rings. The van der Waals surface area contributed by atoms with E-state index in [1.54, 1.807) is 0 Å². The molecule has 138 valence electrons. The fourth-order valence-corrected chi connectivity index (χ4v) is 5.31. The lowest BCUT2D eigenvalue weighted by Crippen LogP contribution is -2.37. The summed E-state index contributed by atoms with van der Waals surface area (Å²) in [7, 11) is 0. The first-order valence-electron chi connectivity index (χ1n) is 10.0. The smallest absolute Gasteiger partial charge is 0.223 e. The van der Waals surface area contributed by atoms with Crippen molar-refractivity contribution in [3.63, 3.8) is 0 Å². The molecule has 1 N–H and O–H groups in total. The highest BCUT2D eigenvalue weighted by molar-refractivity contribution is 5.79. The molecule has 4 heteroatoms. The number of fused-ring (bicyclic) bond motifs is 2. The van der Waals surface area contributed by atoms with E-state index in [4.69, 9.17) is 0 Å². The standard InChI is InChI=1S/C22H29N3O/c1-13(2)25-22(26)14(3)15-9-16-11-18(12-17(16)10-15)19-6-8-24-21-20(19)5-4-7-23-21/h4-8,13-18H,9-12H2,1-3H3,(H,25,26)/t14?,15-,16-,17+,18+. The maximum absolute atomic E-state index is 12.4. The minimum absolute atomic E-state index is 0.132. The zero-order chi connectivity index (χ0) is 18.3. The summed E-state index contributed by atoms with van der Waals surface area (Å²) >= 11 is 0. The van der Waals surface area contributed by atoms with Crippen LogP contribution in [-0.4, -0.2) is 21.9 Å². The van der Waals surface area contributed by atoms with Crippen molar-refractivity contribution in [3.05, 3.63) is 36.2 Å². The third-order valence-electron chi connectivity index (χ3n) is 6.59. The molecule has 2 aromatic heterocycles. The minimum atomic E-state index is 0.132. The van der Waals surface area contributed by atoms with Gasteiger partial charge in [0.05, 0.1) is 0 Å². The van der Waals surface area contributed by atoms with E-state index in [1.165, 1.54) is 36.6 Å². The van der Waals surface area contributed by atoms with Crippen molar-refractivity contribution in [2.24, 2.45) is 23.7 Å². The fourth-order valence-electron chi connectivity index (χ4n) is 5.31. The van der Waals surface area contributed by atoms with Crippen LogP contribution in [0.25, 0.3) is 11.0 Å². The molecule has 1 unspecified atom stereocenters. The van der Waals surface area contributed by atoms with E-state index < -0.39 is 0 Å². The number of rotatable bonds is 4. The van der Waals surface area contributed by atoms with Crippen LogP contribution in [0.2, 0.25) is 0 Å². The van der Waals surface area contributed by atoms with E-state index >= 15 is 0 Å². The molecule has 0 radical (unpaired) electrons. The Hall–Kier alpha value is -1.97. The number of carbonyl (C=O) groups excluding carboxylic acids is 1. The van der Waals surface area contributed by atoms with Gasteiger partial charge in [-0.15, -0.1) is 0 Å². The van der Waals surface area contributed by atoms with Crippen LogP contribution >= 0.6 is 0 Å². The number of hydrogen-bond acceptors (Lipinski definition) is 3. The van der Waals surface area contributed by atoms with Crippen LogP contribution in [0.3, 0.4) is 0 Å². The molecule has 4 rings (SSSR count). The summed E-state index contributed by atoms with van der Waals surface area (Å²) in [5.74, 6) is 3.04. The third kappa shape index (κ3) is 3.22. The molecule has 5 atom stereocenters. The van der Waals surface area contributed by atoms with Gasteiger partial charge >= 0.3 is 0 Å². The molecule has 26 heavy (non-hydrogen) atoms. The van der Waals surface area contributed by atoms with Crippen LogP contribution < -0.4 is 5.32 Å². The van der Waals surface area contributed by atoms with Crippen molar-refractivity contribution >= 4 is 16.9 Å². The zero-order valence-electron chi connectivity index (χ0n) is 16.0. The van der Waals surface area contributed by atoms with Crippen LogP contribution in [-0.2, 0) is 4.79 Å². The Morgan fingerprint density at radius 2 is 1.73 bits per heavy atom.